The Kier molecular flexibility index (Phi) is 12.7. The van der Waals surface area contributed by atoms with Crippen LogP contribution in [0, 0.1) is 12.8 Å². The Morgan fingerprint density at radius 1 is 1.09 bits per heavy atom. The van der Waals surface area contributed by atoms with E-state index in [1.165, 1.54) is 4.90 Å². The Balaban J connectivity index is 0.000000738. The highest BCUT2D eigenvalue weighted by molar-refractivity contribution is 5.95. The monoisotopic (exact) mass is 648 g/mol. The summed E-state index contributed by atoms with van der Waals surface area (Å²) in [4.78, 5) is 52.5. The number of fused-ring (bicyclic) bond motifs is 1. The zero-order valence-electron chi connectivity index (χ0n) is 25.2. The predicted octanol–water partition coefficient (Wildman–Crippen LogP) is 4.62. The number of benzene rings is 2. The highest BCUT2D eigenvalue weighted by Gasteiger charge is 2.38. The fourth-order valence-electron chi connectivity index (χ4n) is 4.66. The smallest absolute Gasteiger partial charge is 0.489 e. The van der Waals surface area contributed by atoms with Crippen LogP contribution in [0.25, 0.3) is 10.9 Å². The molecule has 1 saturated heterocycles. The van der Waals surface area contributed by atoms with Crippen molar-refractivity contribution in [2.24, 2.45) is 5.92 Å². The molecule has 2 heterocycles. The molecule has 1 aliphatic heterocycles. The van der Waals surface area contributed by atoms with Crippen LogP contribution in [0.15, 0.2) is 54.6 Å². The Morgan fingerprint density at radius 2 is 1.76 bits per heavy atom. The van der Waals surface area contributed by atoms with Crippen LogP contribution in [0.5, 0.6) is 5.75 Å². The Bertz CT molecular complexity index is 1520. The van der Waals surface area contributed by atoms with Gasteiger partial charge in [-0.25, -0.2) is 15.1 Å². The largest absolute Gasteiger partial charge is 0.490 e. The molecule has 4 rings (SSSR count). The number of alkyl halides is 3. The number of carbonyl (C=O) groups excluding carboxylic acids is 3. The molecule has 2 aromatic carbocycles. The topological polar surface area (TPSA) is 167 Å². The van der Waals surface area contributed by atoms with Crippen LogP contribution in [0.2, 0.25) is 0 Å². The molecule has 248 valence electrons. The number of aryl methyl sites for hydroxylation is 1. The average Bonchev–Trinajstić information content (AvgIpc) is 3.03. The van der Waals surface area contributed by atoms with Gasteiger partial charge >= 0.3 is 18.2 Å². The van der Waals surface area contributed by atoms with E-state index in [1.54, 1.807) is 29.7 Å². The van der Waals surface area contributed by atoms with Gasteiger partial charge in [-0.3, -0.25) is 19.8 Å². The van der Waals surface area contributed by atoms with Gasteiger partial charge in [-0.1, -0.05) is 31.5 Å². The van der Waals surface area contributed by atoms with Crippen molar-refractivity contribution in [3.63, 3.8) is 0 Å². The van der Waals surface area contributed by atoms with Crippen LogP contribution in [0.4, 0.5) is 18.0 Å². The van der Waals surface area contributed by atoms with Crippen molar-refractivity contribution in [1.82, 2.24) is 20.7 Å². The Labute approximate surface area is 262 Å². The number of ether oxygens (including phenoxy) is 2. The number of halogens is 3. The minimum atomic E-state index is -5.08. The average molecular weight is 649 g/mol. The Hall–Kier alpha value is -4.92. The minimum Gasteiger partial charge on any atom is -0.489 e. The van der Waals surface area contributed by atoms with Crippen molar-refractivity contribution in [2.75, 3.05) is 19.7 Å². The molecule has 2 atom stereocenters. The van der Waals surface area contributed by atoms with Gasteiger partial charge in [0.25, 0.3) is 5.91 Å². The first-order valence-electron chi connectivity index (χ1n) is 14.4. The van der Waals surface area contributed by atoms with Crippen molar-refractivity contribution in [3.05, 3.63) is 71.4 Å². The van der Waals surface area contributed by atoms with E-state index < -0.39 is 36.1 Å². The SMILES string of the molecule is CCCCOC(=O)N1CC[C@@H](NC(=O)c2ccc(OCc3cc(C)nc4ccccc34)cc2)[C@@H](C(=O)NO)C1.O=C(O)C(F)(F)F. The lowest BCUT2D eigenvalue weighted by molar-refractivity contribution is -0.192. The lowest BCUT2D eigenvalue weighted by Crippen LogP contribution is -2.56. The van der Waals surface area contributed by atoms with E-state index in [0.29, 0.717) is 37.5 Å². The zero-order chi connectivity index (χ0) is 33.9. The molecule has 0 saturated carbocycles. The summed E-state index contributed by atoms with van der Waals surface area (Å²) >= 11 is 0. The number of nitrogens with one attached hydrogen (secondary N) is 2. The highest BCUT2D eigenvalue weighted by atomic mass is 19.4. The number of amides is 3. The van der Waals surface area contributed by atoms with Gasteiger partial charge in [0.15, 0.2) is 0 Å². The van der Waals surface area contributed by atoms with Crippen LogP contribution >= 0.6 is 0 Å². The summed E-state index contributed by atoms with van der Waals surface area (Å²) in [5, 5.41) is 20.3. The van der Waals surface area contributed by atoms with Gasteiger partial charge in [0, 0.05) is 41.3 Å². The lowest BCUT2D eigenvalue weighted by Gasteiger charge is -2.37. The summed E-state index contributed by atoms with van der Waals surface area (Å²) in [5.41, 5.74) is 4.89. The summed E-state index contributed by atoms with van der Waals surface area (Å²) < 4.78 is 43.0. The molecule has 12 nitrogen and oxygen atoms in total. The van der Waals surface area contributed by atoms with E-state index in [4.69, 9.17) is 19.4 Å². The van der Waals surface area contributed by atoms with E-state index in [0.717, 1.165) is 35.0 Å². The number of pyridine rings is 1. The number of carbonyl (C=O) groups is 4. The quantitative estimate of drug-likeness (QED) is 0.147. The molecular formula is C31H35F3N4O8. The molecule has 46 heavy (non-hydrogen) atoms. The number of aliphatic carboxylic acids is 1. The first-order chi connectivity index (χ1) is 21.8. The zero-order valence-corrected chi connectivity index (χ0v) is 25.2. The molecule has 15 heteroatoms. The van der Waals surface area contributed by atoms with Crippen LogP contribution < -0.4 is 15.5 Å². The van der Waals surface area contributed by atoms with Crippen LogP contribution in [0.1, 0.15) is 47.8 Å². The second-order valence-electron chi connectivity index (χ2n) is 10.4. The molecule has 1 fully saturated rings. The van der Waals surface area contributed by atoms with Crippen LogP contribution in [-0.4, -0.2) is 76.0 Å². The van der Waals surface area contributed by atoms with Crippen molar-refractivity contribution in [1.29, 1.82) is 0 Å². The lowest BCUT2D eigenvalue weighted by atomic mass is 9.91. The molecule has 0 bridgehead atoms. The summed E-state index contributed by atoms with van der Waals surface area (Å²) in [7, 11) is 0. The molecule has 0 spiro atoms. The standard InChI is InChI=1S/C29H34N4O6.C2HF3O2/c1-3-4-15-38-29(36)33-14-13-26(24(17-33)28(35)32-37)31-27(34)20-9-11-22(12-10-20)39-18-21-16-19(2)30-25-8-6-5-7-23(21)25;3-2(4,5)1(6)7/h5-12,16,24,26,37H,3-4,13-15,17-18H2,1-2H3,(H,31,34)(H,32,35);(H,6,7)/t24-,26+;/m0./s1. The first-order valence-corrected chi connectivity index (χ1v) is 14.4. The molecule has 3 amide bonds. The van der Waals surface area contributed by atoms with Crippen molar-refractivity contribution in [2.45, 2.75) is 51.9 Å². The molecule has 1 aliphatic rings. The number of para-hydroxylation sites is 1. The second kappa shape index (κ2) is 16.4. The van der Waals surface area contributed by atoms with Gasteiger partial charge < -0.3 is 24.8 Å². The number of hydrogen-bond acceptors (Lipinski definition) is 8. The molecule has 3 aromatic rings. The van der Waals surface area contributed by atoms with Crippen LogP contribution in [-0.2, 0) is 20.9 Å². The minimum absolute atomic E-state index is 0.0260. The normalized spacial score (nSPS) is 16.1. The number of rotatable bonds is 9. The fourth-order valence-corrected chi connectivity index (χ4v) is 4.66. The molecule has 0 radical (unpaired) electrons. The maximum Gasteiger partial charge on any atom is 0.490 e. The highest BCUT2D eigenvalue weighted by Crippen LogP contribution is 2.22. The number of carboxylic acid groups (broad SMARTS) is 1. The van der Waals surface area contributed by atoms with E-state index in [-0.39, 0.29) is 12.5 Å². The maximum absolute atomic E-state index is 13.0. The molecular weight excluding hydrogens is 613 g/mol. The third kappa shape index (κ3) is 10.1. The number of nitrogens with zero attached hydrogens (tertiary/aromatic N) is 2. The van der Waals surface area contributed by atoms with Crippen LogP contribution in [0.3, 0.4) is 0 Å². The number of aromatic nitrogens is 1. The van der Waals surface area contributed by atoms with Gasteiger partial charge in [0.2, 0.25) is 5.91 Å². The maximum atomic E-state index is 13.0. The number of piperidine rings is 1. The molecule has 0 aliphatic carbocycles. The van der Waals surface area contributed by atoms with Gasteiger partial charge in [0.1, 0.15) is 12.4 Å². The number of unbranched alkanes of at least 4 members (excludes halogenated alkanes) is 1. The number of hydrogen-bond donors (Lipinski definition) is 4. The van der Waals surface area contributed by atoms with Crippen molar-refractivity contribution >= 4 is 34.8 Å². The third-order valence-corrected chi connectivity index (χ3v) is 7.04. The summed E-state index contributed by atoms with van der Waals surface area (Å²) in [6, 6.07) is 16.1. The summed E-state index contributed by atoms with van der Waals surface area (Å²) in [6.07, 6.45) is -3.60. The number of hydroxylamine groups is 1. The van der Waals surface area contributed by atoms with Crippen molar-refractivity contribution < 1.29 is 52.1 Å². The number of carboxylic acids is 1. The van der Waals surface area contributed by atoms with Gasteiger partial charge in [-0.15, -0.1) is 0 Å². The van der Waals surface area contributed by atoms with Gasteiger partial charge in [0.05, 0.1) is 18.0 Å². The molecule has 1 aromatic heterocycles. The number of likely N-dealkylation sites (tertiary alicyclic amines) is 1. The van der Waals surface area contributed by atoms with Crippen molar-refractivity contribution in [3.8, 4) is 5.75 Å². The van der Waals surface area contributed by atoms with E-state index >= 15 is 0 Å². The predicted molar refractivity (Wildman–Crippen MR) is 158 cm³/mol. The summed E-state index contributed by atoms with van der Waals surface area (Å²) in [6.45, 7) is 4.95. The van der Waals surface area contributed by atoms with Gasteiger partial charge in [-0.05, 0) is 56.2 Å². The van der Waals surface area contributed by atoms with E-state index in [2.05, 4.69) is 10.3 Å². The molecule has 4 N–H and O–H groups in total. The van der Waals surface area contributed by atoms with Gasteiger partial charge in [-0.2, -0.15) is 13.2 Å². The fraction of sp³-hybridized carbons (Fsp3) is 0.387. The first kappa shape index (κ1) is 35.6. The van der Waals surface area contributed by atoms with E-state index in [9.17, 15) is 32.8 Å². The second-order valence-corrected chi connectivity index (χ2v) is 10.4. The molecule has 0 unspecified atom stereocenters. The Morgan fingerprint density at radius 3 is 2.39 bits per heavy atom. The summed E-state index contributed by atoms with van der Waals surface area (Å²) in [5.74, 6) is -4.01. The van der Waals surface area contributed by atoms with E-state index in [1.807, 2.05) is 44.2 Å². The third-order valence-electron chi connectivity index (χ3n) is 7.04.